The first-order valence-corrected chi connectivity index (χ1v) is 6.01. The smallest absolute Gasteiger partial charge is 0.379 e. The Morgan fingerprint density at radius 3 is 2.53 bits per heavy atom. The lowest BCUT2D eigenvalue weighted by atomic mass is 10.00. The fraction of sp³-hybridized carbons (Fsp3) is 0.538. The summed E-state index contributed by atoms with van der Waals surface area (Å²) in [5, 5.41) is 2.73. The zero-order valence-electron chi connectivity index (χ0n) is 10.9. The number of halogens is 4. The number of rotatable bonds is 6. The summed E-state index contributed by atoms with van der Waals surface area (Å²) in [6.07, 6.45) is -3.74. The SMILES string of the molecule is CCCOCC(NC)c1cc(F)ccc1C(F)(F)F. The molecule has 0 heterocycles. The number of hydrogen-bond acceptors (Lipinski definition) is 2. The Hall–Kier alpha value is -1.14. The molecule has 0 radical (unpaired) electrons. The molecule has 6 heteroatoms. The predicted octanol–water partition coefficient (Wildman–Crippen LogP) is 3.53. The minimum atomic E-state index is -4.51. The van der Waals surface area contributed by atoms with Crippen LogP contribution in [0.4, 0.5) is 17.6 Å². The van der Waals surface area contributed by atoms with E-state index >= 15 is 0 Å². The molecule has 0 saturated heterocycles. The molecule has 1 aromatic carbocycles. The van der Waals surface area contributed by atoms with Gasteiger partial charge in [0.1, 0.15) is 5.82 Å². The molecule has 0 fully saturated rings. The van der Waals surface area contributed by atoms with Crippen LogP contribution in [0.25, 0.3) is 0 Å². The van der Waals surface area contributed by atoms with E-state index < -0.39 is 23.6 Å². The van der Waals surface area contributed by atoms with Crippen LogP contribution in [0.2, 0.25) is 0 Å². The van der Waals surface area contributed by atoms with Gasteiger partial charge >= 0.3 is 6.18 Å². The Morgan fingerprint density at radius 1 is 1.32 bits per heavy atom. The molecule has 0 aliphatic rings. The summed E-state index contributed by atoms with van der Waals surface area (Å²) in [7, 11) is 1.52. The first-order valence-electron chi connectivity index (χ1n) is 6.01. The summed E-state index contributed by atoms with van der Waals surface area (Å²) in [6.45, 7) is 2.42. The van der Waals surface area contributed by atoms with Gasteiger partial charge in [-0.1, -0.05) is 6.92 Å². The summed E-state index contributed by atoms with van der Waals surface area (Å²) in [4.78, 5) is 0. The fourth-order valence-electron chi connectivity index (χ4n) is 1.75. The van der Waals surface area contributed by atoms with Crippen molar-refractivity contribution < 1.29 is 22.3 Å². The van der Waals surface area contributed by atoms with Crippen LogP contribution >= 0.6 is 0 Å². The van der Waals surface area contributed by atoms with Gasteiger partial charge in [-0.15, -0.1) is 0 Å². The van der Waals surface area contributed by atoms with Gasteiger partial charge in [-0.3, -0.25) is 0 Å². The number of benzene rings is 1. The molecular formula is C13H17F4NO. The quantitative estimate of drug-likeness (QED) is 0.635. The molecule has 1 rings (SSSR count). The van der Waals surface area contributed by atoms with Crippen molar-refractivity contribution in [2.45, 2.75) is 25.6 Å². The summed E-state index contributed by atoms with van der Waals surface area (Å²) >= 11 is 0. The highest BCUT2D eigenvalue weighted by Crippen LogP contribution is 2.35. The maximum atomic E-state index is 13.2. The minimum Gasteiger partial charge on any atom is -0.379 e. The number of nitrogens with one attached hydrogen (secondary N) is 1. The van der Waals surface area contributed by atoms with Crippen molar-refractivity contribution in [3.05, 3.63) is 35.1 Å². The average Bonchev–Trinajstić information content (AvgIpc) is 2.33. The summed E-state index contributed by atoms with van der Waals surface area (Å²) in [5.41, 5.74) is -0.973. The lowest BCUT2D eigenvalue weighted by Gasteiger charge is -2.21. The average molecular weight is 279 g/mol. The number of alkyl halides is 3. The van der Waals surface area contributed by atoms with Crippen LogP contribution in [-0.2, 0) is 10.9 Å². The van der Waals surface area contributed by atoms with Crippen LogP contribution in [0.3, 0.4) is 0 Å². The molecule has 2 nitrogen and oxygen atoms in total. The van der Waals surface area contributed by atoms with E-state index in [-0.39, 0.29) is 12.2 Å². The standard InChI is InChI=1S/C13H17F4NO/c1-3-6-19-8-12(18-2)10-7-9(14)4-5-11(10)13(15,16)17/h4-5,7,12,18H,3,6,8H2,1-2H3. The van der Waals surface area contributed by atoms with E-state index in [1.807, 2.05) is 6.92 Å². The van der Waals surface area contributed by atoms with E-state index in [0.717, 1.165) is 24.6 Å². The molecule has 0 spiro atoms. The molecule has 0 aliphatic carbocycles. The van der Waals surface area contributed by atoms with E-state index in [9.17, 15) is 17.6 Å². The van der Waals surface area contributed by atoms with Crippen LogP contribution in [0, 0.1) is 5.82 Å². The Kier molecular flexibility index (Phi) is 5.75. The van der Waals surface area contributed by atoms with Crippen molar-refractivity contribution >= 4 is 0 Å². The number of likely N-dealkylation sites (N-methyl/N-ethyl adjacent to an activating group) is 1. The molecule has 0 aromatic heterocycles. The Labute approximate surface area is 109 Å². The Bertz CT molecular complexity index is 406. The van der Waals surface area contributed by atoms with Crippen molar-refractivity contribution in [3.8, 4) is 0 Å². The summed E-state index contributed by atoms with van der Waals surface area (Å²) in [6, 6.07) is 1.78. The van der Waals surface area contributed by atoms with Gasteiger partial charge in [-0.05, 0) is 37.2 Å². The summed E-state index contributed by atoms with van der Waals surface area (Å²) in [5.74, 6) is -0.696. The monoisotopic (exact) mass is 279 g/mol. The first kappa shape index (κ1) is 15.9. The van der Waals surface area contributed by atoms with E-state index in [2.05, 4.69) is 5.32 Å². The third-order valence-electron chi connectivity index (χ3n) is 2.68. The topological polar surface area (TPSA) is 21.3 Å². The molecule has 0 saturated carbocycles. The predicted molar refractivity (Wildman–Crippen MR) is 64.3 cm³/mol. The van der Waals surface area contributed by atoms with Gasteiger partial charge in [0.2, 0.25) is 0 Å². The van der Waals surface area contributed by atoms with E-state index in [1.165, 1.54) is 7.05 Å². The van der Waals surface area contributed by atoms with Crippen molar-refractivity contribution in [2.75, 3.05) is 20.3 Å². The Morgan fingerprint density at radius 2 is 2.00 bits per heavy atom. The highest BCUT2D eigenvalue weighted by molar-refractivity contribution is 5.33. The molecule has 1 N–H and O–H groups in total. The van der Waals surface area contributed by atoms with Gasteiger partial charge < -0.3 is 10.1 Å². The second kappa shape index (κ2) is 6.86. The third kappa shape index (κ3) is 4.47. The zero-order chi connectivity index (χ0) is 14.5. The second-order valence-electron chi connectivity index (χ2n) is 4.15. The third-order valence-corrected chi connectivity index (χ3v) is 2.68. The maximum Gasteiger partial charge on any atom is 0.416 e. The molecule has 108 valence electrons. The number of ether oxygens (including phenoxy) is 1. The van der Waals surface area contributed by atoms with Crippen molar-refractivity contribution in [2.24, 2.45) is 0 Å². The van der Waals surface area contributed by atoms with Crippen molar-refractivity contribution in [1.82, 2.24) is 5.32 Å². The van der Waals surface area contributed by atoms with E-state index in [4.69, 9.17) is 4.74 Å². The molecule has 0 amide bonds. The van der Waals surface area contributed by atoms with Crippen LogP contribution in [0.5, 0.6) is 0 Å². The lowest BCUT2D eigenvalue weighted by molar-refractivity contribution is -0.138. The largest absolute Gasteiger partial charge is 0.416 e. The minimum absolute atomic E-state index is 0.0663. The zero-order valence-corrected chi connectivity index (χ0v) is 10.9. The Balaban J connectivity index is 3.03. The molecule has 0 bridgehead atoms. The number of hydrogen-bond donors (Lipinski definition) is 1. The van der Waals surface area contributed by atoms with Gasteiger partial charge in [0.05, 0.1) is 18.2 Å². The second-order valence-corrected chi connectivity index (χ2v) is 4.15. The van der Waals surface area contributed by atoms with Gasteiger partial charge in [0.25, 0.3) is 0 Å². The van der Waals surface area contributed by atoms with Crippen molar-refractivity contribution in [3.63, 3.8) is 0 Å². The van der Waals surface area contributed by atoms with Gasteiger partial charge in [0, 0.05) is 6.61 Å². The fourth-order valence-corrected chi connectivity index (χ4v) is 1.75. The van der Waals surface area contributed by atoms with Crippen LogP contribution in [0.15, 0.2) is 18.2 Å². The molecule has 1 atom stereocenters. The van der Waals surface area contributed by atoms with E-state index in [1.54, 1.807) is 0 Å². The van der Waals surface area contributed by atoms with Gasteiger partial charge in [0.15, 0.2) is 0 Å². The molecule has 1 unspecified atom stereocenters. The highest BCUT2D eigenvalue weighted by atomic mass is 19.4. The molecule has 0 aliphatic heterocycles. The maximum absolute atomic E-state index is 13.2. The highest BCUT2D eigenvalue weighted by Gasteiger charge is 2.35. The van der Waals surface area contributed by atoms with Gasteiger partial charge in [-0.25, -0.2) is 4.39 Å². The van der Waals surface area contributed by atoms with Crippen LogP contribution < -0.4 is 5.32 Å². The van der Waals surface area contributed by atoms with Gasteiger partial charge in [-0.2, -0.15) is 13.2 Å². The molecular weight excluding hydrogens is 262 g/mol. The van der Waals surface area contributed by atoms with Crippen LogP contribution in [0.1, 0.15) is 30.5 Å². The molecule has 19 heavy (non-hydrogen) atoms. The molecule has 1 aromatic rings. The normalized spacial score (nSPS) is 13.6. The first-order chi connectivity index (χ1) is 8.90. The van der Waals surface area contributed by atoms with E-state index in [0.29, 0.717) is 6.61 Å². The van der Waals surface area contributed by atoms with Crippen LogP contribution in [-0.4, -0.2) is 20.3 Å². The lowest BCUT2D eigenvalue weighted by Crippen LogP contribution is -2.25. The summed E-state index contributed by atoms with van der Waals surface area (Å²) < 4.78 is 57.1. The van der Waals surface area contributed by atoms with Crippen molar-refractivity contribution in [1.29, 1.82) is 0 Å².